The van der Waals surface area contributed by atoms with Crippen molar-refractivity contribution in [2.24, 2.45) is 0 Å². The molecule has 0 aliphatic carbocycles. The summed E-state index contributed by atoms with van der Waals surface area (Å²) in [5.41, 5.74) is 1.03. The lowest BCUT2D eigenvalue weighted by Gasteiger charge is -2.28. The molecule has 9 heteroatoms. The second-order valence-electron chi connectivity index (χ2n) is 6.57. The lowest BCUT2D eigenvalue weighted by Crippen LogP contribution is -2.37. The topological polar surface area (TPSA) is 84.4 Å². The van der Waals surface area contributed by atoms with E-state index in [1.807, 2.05) is 48.5 Å². The van der Waals surface area contributed by atoms with Crippen molar-refractivity contribution in [3.63, 3.8) is 0 Å². The van der Waals surface area contributed by atoms with E-state index in [1.54, 1.807) is 12.4 Å². The summed E-state index contributed by atoms with van der Waals surface area (Å²) >= 11 is 5.41. The molecule has 4 rings (SSSR count). The molecule has 0 spiro atoms. The lowest BCUT2D eigenvalue weighted by molar-refractivity contribution is 0.122. The van der Waals surface area contributed by atoms with Crippen molar-refractivity contribution in [3.05, 3.63) is 66.5 Å². The smallest absolute Gasteiger partial charge is 0.234 e. The van der Waals surface area contributed by atoms with Gasteiger partial charge in [0.2, 0.25) is 11.8 Å². The number of benzene rings is 1. The van der Waals surface area contributed by atoms with Crippen molar-refractivity contribution < 1.29 is 9.47 Å². The van der Waals surface area contributed by atoms with Crippen LogP contribution in [0.3, 0.4) is 0 Å². The Labute approximate surface area is 180 Å². The number of para-hydroxylation sites is 1. The van der Waals surface area contributed by atoms with Crippen molar-refractivity contribution in [2.75, 3.05) is 36.5 Å². The van der Waals surface area contributed by atoms with E-state index < -0.39 is 0 Å². The first-order chi connectivity index (χ1) is 14.8. The van der Waals surface area contributed by atoms with Crippen LogP contribution in [0.1, 0.15) is 5.56 Å². The van der Waals surface area contributed by atoms with Crippen molar-refractivity contribution in [3.8, 4) is 11.6 Å². The number of hydrogen-bond acceptors (Lipinski definition) is 7. The van der Waals surface area contributed by atoms with Gasteiger partial charge < -0.3 is 25.0 Å². The number of nitrogens with one attached hydrogen (secondary N) is 2. The number of pyridine rings is 1. The van der Waals surface area contributed by atoms with Gasteiger partial charge in [-0.05, 0) is 36.0 Å². The summed E-state index contributed by atoms with van der Waals surface area (Å²) in [6.07, 6.45) is 3.52. The van der Waals surface area contributed by atoms with E-state index >= 15 is 0 Å². The Morgan fingerprint density at radius 2 is 1.93 bits per heavy atom. The molecule has 154 valence electrons. The first-order valence-electron chi connectivity index (χ1n) is 9.65. The van der Waals surface area contributed by atoms with Gasteiger partial charge in [-0.1, -0.05) is 24.3 Å². The summed E-state index contributed by atoms with van der Waals surface area (Å²) in [6, 6.07) is 15.2. The summed E-state index contributed by atoms with van der Waals surface area (Å²) in [4.78, 5) is 15.3. The van der Waals surface area contributed by atoms with Gasteiger partial charge in [0.15, 0.2) is 5.11 Å². The minimum absolute atomic E-state index is 0.369. The molecule has 2 aromatic heterocycles. The minimum atomic E-state index is 0.369. The van der Waals surface area contributed by atoms with E-state index in [-0.39, 0.29) is 0 Å². The zero-order valence-corrected chi connectivity index (χ0v) is 17.1. The molecule has 0 amide bonds. The van der Waals surface area contributed by atoms with Crippen LogP contribution in [0, 0.1) is 0 Å². The Kier molecular flexibility index (Phi) is 6.63. The Balaban J connectivity index is 1.49. The second kappa shape index (κ2) is 9.95. The molecule has 0 bridgehead atoms. The van der Waals surface area contributed by atoms with Crippen molar-refractivity contribution >= 4 is 29.1 Å². The van der Waals surface area contributed by atoms with E-state index in [0.717, 1.165) is 24.5 Å². The van der Waals surface area contributed by atoms with Crippen LogP contribution in [0.2, 0.25) is 0 Å². The third-order valence-electron chi connectivity index (χ3n) is 4.39. The molecule has 8 nitrogen and oxygen atoms in total. The number of thiocarbonyl (C=S) groups is 1. The van der Waals surface area contributed by atoms with Gasteiger partial charge in [-0.25, -0.2) is 0 Å². The maximum Gasteiger partial charge on any atom is 0.234 e. The number of rotatable bonds is 6. The molecule has 1 fully saturated rings. The maximum atomic E-state index is 5.94. The van der Waals surface area contributed by atoms with Crippen LogP contribution in [-0.2, 0) is 11.3 Å². The quantitative estimate of drug-likeness (QED) is 0.582. The fourth-order valence-corrected chi connectivity index (χ4v) is 3.08. The van der Waals surface area contributed by atoms with E-state index in [1.165, 1.54) is 0 Å². The van der Waals surface area contributed by atoms with Gasteiger partial charge in [-0.2, -0.15) is 9.97 Å². The predicted octanol–water partition coefficient (Wildman–Crippen LogP) is 2.99. The first-order valence-corrected chi connectivity index (χ1v) is 10.1. The van der Waals surface area contributed by atoms with Crippen LogP contribution in [0.5, 0.6) is 11.6 Å². The van der Waals surface area contributed by atoms with E-state index in [4.69, 9.17) is 21.7 Å². The van der Waals surface area contributed by atoms with Gasteiger partial charge in [0.05, 0.1) is 13.2 Å². The highest BCUT2D eigenvalue weighted by Crippen LogP contribution is 2.25. The van der Waals surface area contributed by atoms with Crippen LogP contribution in [0.4, 0.5) is 11.8 Å². The molecule has 0 unspecified atom stereocenters. The van der Waals surface area contributed by atoms with Crippen LogP contribution >= 0.6 is 12.2 Å². The molecule has 1 aliphatic heterocycles. The zero-order chi connectivity index (χ0) is 20.6. The third-order valence-corrected chi connectivity index (χ3v) is 4.64. The number of hydrogen-bond donors (Lipinski definition) is 2. The maximum absolute atomic E-state index is 5.94. The number of morpholine rings is 1. The summed E-state index contributed by atoms with van der Waals surface area (Å²) in [7, 11) is 0. The standard InChI is InChI=1S/C21H22N6O2S/c30-21(23-15-16-5-4-8-22-14-16)26-20-24-18(27-9-11-28-12-10-27)13-19(25-20)29-17-6-2-1-3-7-17/h1-8,13-14H,9-12,15H2,(H2,23,24,25,26,30). The van der Waals surface area contributed by atoms with Gasteiger partial charge in [-0.3, -0.25) is 4.98 Å². The highest BCUT2D eigenvalue weighted by molar-refractivity contribution is 7.80. The van der Waals surface area contributed by atoms with Gasteiger partial charge >= 0.3 is 0 Å². The zero-order valence-electron chi connectivity index (χ0n) is 16.3. The monoisotopic (exact) mass is 422 g/mol. The average molecular weight is 423 g/mol. The van der Waals surface area contributed by atoms with Crippen molar-refractivity contribution in [1.29, 1.82) is 0 Å². The van der Waals surface area contributed by atoms with E-state index in [0.29, 0.717) is 42.4 Å². The Bertz CT molecular complexity index is 968. The molecule has 0 radical (unpaired) electrons. The molecule has 2 N–H and O–H groups in total. The van der Waals surface area contributed by atoms with Gasteiger partial charge in [0, 0.05) is 38.1 Å². The Morgan fingerprint density at radius 1 is 1.10 bits per heavy atom. The second-order valence-corrected chi connectivity index (χ2v) is 6.98. The molecule has 1 saturated heterocycles. The number of aromatic nitrogens is 3. The molecule has 3 heterocycles. The Morgan fingerprint density at radius 3 is 2.70 bits per heavy atom. The van der Waals surface area contributed by atoms with Crippen molar-refractivity contribution in [1.82, 2.24) is 20.3 Å². The molecule has 1 aliphatic rings. The van der Waals surface area contributed by atoms with Crippen LogP contribution in [0.25, 0.3) is 0 Å². The van der Waals surface area contributed by atoms with Gasteiger partial charge in [0.25, 0.3) is 0 Å². The third kappa shape index (κ3) is 5.62. The Hall–Kier alpha value is -3.30. The van der Waals surface area contributed by atoms with Gasteiger partial charge in [0.1, 0.15) is 11.6 Å². The van der Waals surface area contributed by atoms with Crippen LogP contribution in [0.15, 0.2) is 60.9 Å². The summed E-state index contributed by atoms with van der Waals surface area (Å²) in [5.74, 6) is 2.27. The fourth-order valence-electron chi connectivity index (χ4n) is 2.92. The highest BCUT2D eigenvalue weighted by atomic mass is 32.1. The molecule has 3 aromatic rings. The van der Waals surface area contributed by atoms with Crippen molar-refractivity contribution in [2.45, 2.75) is 6.54 Å². The van der Waals surface area contributed by atoms with E-state index in [2.05, 4.69) is 30.5 Å². The predicted molar refractivity (Wildman–Crippen MR) is 119 cm³/mol. The molecular weight excluding hydrogens is 400 g/mol. The molecule has 1 aromatic carbocycles. The number of ether oxygens (including phenoxy) is 2. The molecule has 0 saturated carbocycles. The molecule has 30 heavy (non-hydrogen) atoms. The molecular formula is C21H22N6O2S. The number of nitrogens with zero attached hydrogens (tertiary/aromatic N) is 4. The first kappa shape index (κ1) is 20.0. The summed E-state index contributed by atoms with van der Waals surface area (Å²) in [6.45, 7) is 3.38. The average Bonchev–Trinajstić information content (AvgIpc) is 2.79. The number of anilines is 2. The fraction of sp³-hybridized carbons (Fsp3) is 0.238. The van der Waals surface area contributed by atoms with E-state index in [9.17, 15) is 0 Å². The largest absolute Gasteiger partial charge is 0.439 e. The van der Waals surface area contributed by atoms with Gasteiger partial charge in [-0.15, -0.1) is 0 Å². The highest BCUT2D eigenvalue weighted by Gasteiger charge is 2.16. The summed E-state index contributed by atoms with van der Waals surface area (Å²) < 4.78 is 11.4. The minimum Gasteiger partial charge on any atom is -0.439 e. The normalized spacial score (nSPS) is 13.5. The van der Waals surface area contributed by atoms with Crippen LogP contribution in [-0.4, -0.2) is 46.4 Å². The van der Waals surface area contributed by atoms with Crippen LogP contribution < -0.4 is 20.3 Å². The summed E-state index contributed by atoms with van der Waals surface area (Å²) in [5, 5.41) is 6.62. The lowest BCUT2D eigenvalue weighted by atomic mass is 10.3. The SMILES string of the molecule is S=C(NCc1cccnc1)Nc1nc(Oc2ccccc2)cc(N2CCOCC2)n1. The molecule has 0 atom stereocenters.